The third-order valence-corrected chi connectivity index (χ3v) is 6.74. The maximum atomic E-state index is 12.9. The molecule has 2 atom stereocenters. The maximum absolute atomic E-state index is 12.9. The van der Waals surface area contributed by atoms with Crippen LogP contribution in [0.1, 0.15) is 36.8 Å². The monoisotopic (exact) mass is 643 g/mol. The number of amides is 6. The second kappa shape index (κ2) is 18.3. The topological polar surface area (TPSA) is 305 Å². The minimum absolute atomic E-state index is 0.105. The molecule has 1 heterocycles. The molecule has 242 valence electrons. The Morgan fingerprint density at radius 2 is 1.42 bits per heavy atom. The largest absolute Gasteiger partial charge is 0.370 e. The first-order valence-electron chi connectivity index (χ1n) is 13.6. The summed E-state index contributed by atoms with van der Waals surface area (Å²) in [7, 11) is 0. The predicted molar refractivity (Wildman–Crippen MR) is 170 cm³/mol. The number of guanidine groups is 2. The highest BCUT2D eigenvalue weighted by molar-refractivity contribution is 8.18. The molecular weight excluding hydrogens is 606 g/mol. The summed E-state index contributed by atoms with van der Waals surface area (Å²) >= 11 is 0.807. The third kappa shape index (κ3) is 14.1. The molecule has 0 aliphatic carbocycles. The summed E-state index contributed by atoms with van der Waals surface area (Å²) in [6.45, 7) is -0.0425. The first-order chi connectivity index (χ1) is 21.3. The normalized spacial score (nSPS) is 14.7. The molecule has 1 aliphatic heterocycles. The molecule has 2 unspecified atom stereocenters. The summed E-state index contributed by atoms with van der Waals surface area (Å²) in [5.74, 6) is -3.36. The molecule has 1 aromatic rings. The van der Waals surface area contributed by atoms with Crippen molar-refractivity contribution >= 4 is 70.6 Å². The number of benzene rings is 1. The maximum Gasteiger partial charge on any atom is 0.290 e. The predicted octanol–water partition coefficient (Wildman–Crippen LogP) is -2.30. The van der Waals surface area contributed by atoms with Gasteiger partial charge in [0.1, 0.15) is 12.1 Å². The van der Waals surface area contributed by atoms with Gasteiger partial charge in [0.2, 0.25) is 23.6 Å². The zero-order valence-electron chi connectivity index (χ0n) is 24.3. The van der Waals surface area contributed by atoms with Crippen LogP contribution in [-0.4, -0.2) is 78.4 Å². The molecule has 17 nitrogen and oxygen atoms in total. The van der Waals surface area contributed by atoms with Crippen molar-refractivity contribution in [2.45, 2.75) is 37.8 Å². The summed E-state index contributed by atoms with van der Waals surface area (Å²) in [6, 6.07) is 4.78. The molecule has 45 heavy (non-hydrogen) atoms. The van der Waals surface area contributed by atoms with Gasteiger partial charge < -0.3 is 44.6 Å². The minimum Gasteiger partial charge on any atom is -0.370 e. The van der Waals surface area contributed by atoms with Gasteiger partial charge in [0.15, 0.2) is 11.9 Å². The van der Waals surface area contributed by atoms with E-state index in [9.17, 15) is 28.8 Å². The van der Waals surface area contributed by atoms with Crippen molar-refractivity contribution in [1.29, 1.82) is 0 Å². The van der Waals surface area contributed by atoms with Crippen molar-refractivity contribution in [1.82, 2.24) is 21.3 Å². The number of carbonyl (C=O) groups excluding carboxylic acids is 6. The lowest BCUT2D eigenvalue weighted by molar-refractivity contribution is -0.130. The number of nitrogens with zero attached hydrogens (tertiary/aromatic N) is 2. The molecule has 0 bridgehead atoms. The van der Waals surface area contributed by atoms with E-state index in [4.69, 9.17) is 28.7 Å². The SMILES string of the molecule is NC(=O)C(CCCN=C(N)N)NC(=O)CNC(=O)C(CCCN=C(N)N)NC(=O)/C=C/c1ccc(/C=C2\SC(=O)NC2=O)cc1. The van der Waals surface area contributed by atoms with Gasteiger partial charge in [-0.05, 0) is 60.7 Å². The van der Waals surface area contributed by atoms with Crippen molar-refractivity contribution < 1.29 is 28.8 Å². The molecule has 0 spiro atoms. The zero-order chi connectivity index (χ0) is 33.4. The van der Waals surface area contributed by atoms with Crippen LogP contribution < -0.4 is 49.9 Å². The van der Waals surface area contributed by atoms with Crippen LogP contribution in [0, 0.1) is 0 Å². The van der Waals surface area contributed by atoms with Gasteiger partial charge in [-0.25, -0.2) is 0 Å². The Hall–Kier alpha value is -5.39. The quantitative estimate of drug-likeness (QED) is 0.0376. The van der Waals surface area contributed by atoms with Gasteiger partial charge in [0, 0.05) is 19.2 Å². The number of primary amides is 1. The zero-order valence-corrected chi connectivity index (χ0v) is 25.1. The average molecular weight is 644 g/mol. The molecular formula is C27H37N11O6S. The van der Waals surface area contributed by atoms with Gasteiger partial charge in [-0.3, -0.25) is 44.1 Å². The van der Waals surface area contributed by atoms with Crippen molar-refractivity contribution in [3.05, 3.63) is 46.4 Å². The molecule has 1 aliphatic rings. The molecule has 0 aromatic heterocycles. The number of nitrogens with two attached hydrogens (primary N) is 5. The summed E-state index contributed by atoms with van der Waals surface area (Å²) in [6.07, 6.45) is 5.36. The molecule has 0 saturated carbocycles. The van der Waals surface area contributed by atoms with E-state index in [-0.39, 0.29) is 42.8 Å². The van der Waals surface area contributed by atoms with E-state index < -0.39 is 53.4 Å². The van der Waals surface area contributed by atoms with Crippen LogP contribution in [0.4, 0.5) is 4.79 Å². The lowest BCUT2D eigenvalue weighted by Gasteiger charge is -2.19. The van der Waals surface area contributed by atoms with E-state index in [1.54, 1.807) is 30.3 Å². The number of nitrogens with one attached hydrogen (secondary N) is 4. The molecule has 6 amide bonds. The lowest BCUT2D eigenvalue weighted by Crippen LogP contribution is -2.51. The Morgan fingerprint density at radius 1 is 0.844 bits per heavy atom. The number of imide groups is 1. The van der Waals surface area contributed by atoms with E-state index in [0.717, 1.165) is 11.8 Å². The number of rotatable bonds is 17. The second-order valence-corrected chi connectivity index (χ2v) is 10.6. The van der Waals surface area contributed by atoms with Crippen LogP contribution in [-0.2, 0) is 24.0 Å². The van der Waals surface area contributed by atoms with Crippen LogP contribution in [0.25, 0.3) is 12.2 Å². The number of carbonyl (C=O) groups is 6. The second-order valence-electron chi connectivity index (χ2n) is 9.55. The lowest BCUT2D eigenvalue weighted by atomic mass is 10.1. The van der Waals surface area contributed by atoms with Gasteiger partial charge in [-0.1, -0.05) is 24.3 Å². The van der Waals surface area contributed by atoms with Gasteiger partial charge in [-0.15, -0.1) is 0 Å². The molecule has 14 N–H and O–H groups in total. The molecule has 1 fully saturated rings. The highest BCUT2D eigenvalue weighted by atomic mass is 32.2. The average Bonchev–Trinajstić information content (AvgIpc) is 3.29. The van der Waals surface area contributed by atoms with Crippen molar-refractivity contribution in [3.63, 3.8) is 0 Å². The Balaban J connectivity index is 1.97. The van der Waals surface area contributed by atoms with Crippen LogP contribution in [0.15, 0.2) is 45.2 Å². The Bertz CT molecular complexity index is 1380. The summed E-state index contributed by atoms with van der Waals surface area (Å²) in [4.78, 5) is 80.7. The summed E-state index contributed by atoms with van der Waals surface area (Å²) in [5, 5.41) is 9.23. The van der Waals surface area contributed by atoms with Gasteiger partial charge in [0.25, 0.3) is 11.1 Å². The van der Waals surface area contributed by atoms with E-state index >= 15 is 0 Å². The van der Waals surface area contributed by atoms with Crippen LogP contribution in [0.2, 0.25) is 0 Å². The summed E-state index contributed by atoms with van der Waals surface area (Å²) < 4.78 is 0. The van der Waals surface area contributed by atoms with Crippen LogP contribution in [0.5, 0.6) is 0 Å². The Labute approximate surface area is 262 Å². The molecule has 2 rings (SSSR count). The minimum atomic E-state index is -1.04. The van der Waals surface area contributed by atoms with E-state index in [0.29, 0.717) is 24.0 Å². The fourth-order valence-electron chi connectivity index (χ4n) is 3.76. The van der Waals surface area contributed by atoms with Crippen molar-refractivity contribution in [2.75, 3.05) is 19.6 Å². The highest BCUT2D eigenvalue weighted by Crippen LogP contribution is 2.25. The van der Waals surface area contributed by atoms with Crippen LogP contribution in [0.3, 0.4) is 0 Å². The first-order valence-corrected chi connectivity index (χ1v) is 14.5. The number of thioether (sulfide) groups is 1. The van der Waals surface area contributed by atoms with Crippen LogP contribution >= 0.6 is 11.8 Å². The first kappa shape index (κ1) is 35.8. The fourth-order valence-corrected chi connectivity index (χ4v) is 4.45. The molecule has 1 aromatic carbocycles. The number of hydrogen-bond acceptors (Lipinski definition) is 9. The Kier molecular flexibility index (Phi) is 14.6. The van der Waals surface area contributed by atoms with Gasteiger partial charge in [-0.2, -0.15) is 0 Å². The van der Waals surface area contributed by atoms with Gasteiger partial charge >= 0.3 is 0 Å². The highest BCUT2D eigenvalue weighted by Gasteiger charge is 2.25. The fraction of sp³-hybridized carbons (Fsp3) is 0.333. The smallest absolute Gasteiger partial charge is 0.290 e. The summed E-state index contributed by atoms with van der Waals surface area (Å²) in [5.41, 5.74) is 27.9. The van der Waals surface area contributed by atoms with Gasteiger partial charge in [0.05, 0.1) is 11.4 Å². The number of aliphatic imine (C=N–C) groups is 2. The van der Waals surface area contributed by atoms with Crippen molar-refractivity contribution in [2.24, 2.45) is 38.7 Å². The molecule has 1 saturated heterocycles. The third-order valence-electron chi connectivity index (χ3n) is 5.93. The van der Waals surface area contributed by atoms with E-state index in [1.165, 1.54) is 12.2 Å². The number of hydrogen-bond donors (Lipinski definition) is 9. The van der Waals surface area contributed by atoms with Crippen molar-refractivity contribution in [3.8, 4) is 0 Å². The van der Waals surface area contributed by atoms with E-state index in [2.05, 4.69) is 31.3 Å². The molecule has 0 radical (unpaired) electrons. The van der Waals surface area contributed by atoms with E-state index in [1.807, 2.05) is 0 Å². The molecule has 18 heteroatoms. The Morgan fingerprint density at radius 3 is 1.96 bits per heavy atom. The standard InChI is InChI=1S/C27H37N11O6S/c28-22(41)17(3-1-11-33-25(29)30)36-21(40)14-35-23(42)18(4-2-12-34-26(31)32)37-20(39)10-9-15-5-7-16(8-6-15)13-19-24(43)38-27(44)45-19/h5-10,13,17-18H,1-4,11-12,14H2,(H2,28,41)(H,35,42)(H,36,40)(H,37,39)(H4,29,30,33)(H4,31,32,34)(H,38,43,44)/b10-9+,19-13-.